The Kier molecular flexibility index (Phi) is 3.18. The SMILES string of the molecule is Cc1nc2cc(NC(=O)C3CCc4nc[nH]c4C3)ccc2s1. The molecule has 2 heterocycles. The van der Waals surface area contributed by atoms with E-state index < -0.39 is 0 Å². The predicted molar refractivity (Wildman–Crippen MR) is 87.1 cm³/mol. The van der Waals surface area contributed by atoms with E-state index in [1.807, 2.05) is 25.1 Å². The Balaban J connectivity index is 1.51. The van der Waals surface area contributed by atoms with E-state index in [0.717, 1.165) is 51.6 Å². The number of thiazole rings is 1. The third-order valence-corrected chi connectivity index (χ3v) is 5.07. The van der Waals surface area contributed by atoms with Crippen molar-refractivity contribution in [3.63, 3.8) is 0 Å². The van der Waals surface area contributed by atoms with Gasteiger partial charge in [-0.3, -0.25) is 4.79 Å². The molecule has 0 aliphatic heterocycles. The molecule has 1 aromatic carbocycles. The Labute approximate surface area is 131 Å². The average Bonchev–Trinajstić information content (AvgIpc) is 3.10. The number of aromatic nitrogens is 3. The molecule has 1 amide bonds. The number of nitrogens with one attached hydrogen (secondary N) is 2. The summed E-state index contributed by atoms with van der Waals surface area (Å²) in [6.45, 7) is 1.99. The molecule has 0 bridgehead atoms. The highest BCUT2D eigenvalue weighted by Crippen LogP contribution is 2.27. The van der Waals surface area contributed by atoms with Crippen molar-refractivity contribution >= 4 is 33.1 Å². The fraction of sp³-hybridized carbons (Fsp3) is 0.312. The zero-order chi connectivity index (χ0) is 15.1. The van der Waals surface area contributed by atoms with Crippen molar-refractivity contribution in [2.45, 2.75) is 26.2 Å². The van der Waals surface area contributed by atoms with Gasteiger partial charge in [0, 0.05) is 23.7 Å². The number of benzene rings is 1. The van der Waals surface area contributed by atoms with E-state index >= 15 is 0 Å². The number of fused-ring (bicyclic) bond motifs is 2. The van der Waals surface area contributed by atoms with Gasteiger partial charge < -0.3 is 10.3 Å². The van der Waals surface area contributed by atoms with E-state index in [-0.39, 0.29) is 11.8 Å². The Bertz CT molecular complexity index is 851. The molecule has 0 radical (unpaired) electrons. The Morgan fingerprint density at radius 1 is 1.45 bits per heavy atom. The van der Waals surface area contributed by atoms with E-state index in [4.69, 9.17) is 0 Å². The number of aromatic amines is 1. The highest BCUT2D eigenvalue weighted by Gasteiger charge is 2.26. The standard InChI is InChI=1S/C16H16N4OS/c1-9-19-14-7-11(3-5-15(14)22-9)20-16(21)10-2-4-12-13(6-10)18-8-17-12/h3,5,7-8,10H,2,4,6H2,1H3,(H,17,18)(H,20,21). The fourth-order valence-corrected chi connectivity index (χ4v) is 3.80. The Morgan fingerprint density at radius 3 is 3.27 bits per heavy atom. The van der Waals surface area contributed by atoms with Gasteiger partial charge in [0.15, 0.2) is 0 Å². The minimum Gasteiger partial charge on any atom is -0.348 e. The lowest BCUT2D eigenvalue weighted by Crippen LogP contribution is -2.28. The van der Waals surface area contributed by atoms with Gasteiger partial charge in [-0.15, -0.1) is 11.3 Å². The molecule has 112 valence electrons. The quantitative estimate of drug-likeness (QED) is 0.764. The van der Waals surface area contributed by atoms with Gasteiger partial charge in [0.05, 0.1) is 27.2 Å². The van der Waals surface area contributed by atoms with Crippen molar-refractivity contribution in [2.75, 3.05) is 5.32 Å². The molecular formula is C16H16N4OS. The van der Waals surface area contributed by atoms with Gasteiger partial charge in [0.25, 0.3) is 0 Å². The van der Waals surface area contributed by atoms with Crippen molar-refractivity contribution in [3.05, 3.63) is 40.9 Å². The highest BCUT2D eigenvalue weighted by molar-refractivity contribution is 7.18. The zero-order valence-corrected chi connectivity index (χ0v) is 13.0. The van der Waals surface area contributed by atoms with Crippen LogP contribution in [-0.4, -0.2) is 20.9 Å². The molecule has 1 atom stereocenters. The van der Waals surface area contributed by atoms with E-state index in [9.17, 15) is 4.79 Å². The molecule has 0 spiro atoms. The molecule has 0 fully saturated rings. The van der Waals surface area contributed by atoms with Crippen LogP contribution in [0.4, 0.5) is 5.69 Å². The van der Waals surface area contributed by atoms with Crippen LogP contribution >= 0.6 is 11.3 Å². The van der Waals surface area contributed by atoms with Crippen LogP contribution in [0.1, 0.15) is 22.8 Å². The van der Waals surface area contributed by atoms with Crippen LogP contribution in [0.3, 0.4) is 0 Å². The van der Waals surface area contributed by atoms with Gasteiger partial charge in [-0.05, 0) is 38.0 Å². The first-order chi connectivity index (χ1) is 10.7. The lowest BCUT2D eigenvalue weighted by Gasteiger charge is -2.20. The summed E-state index contributed by atoms with van der Waals surface area (Å²) >= 11 is 1.67. The molecule has 0 saturated carbocycles. The second-order valence-electron chi connectivity index (χ2n) is 5.67. The summed E-state index contributed by atoms with van der Waals surface area (Å²) in [6.07, 6.45) is 4.16. The van der Waals surface area contributed by atoms with Crippen LogP contribution in [-0.2, 0) is 17.6 Å². The van der Waals surface area contributed by atoms with Gasteiger partial charge in [-0.25, -0.2) is 9.97 Å². The van der Waals surface area contributed by atoms with Crippen LogP contribution < -0.4 is 5.32 Å². The van der Waals surface area contributed by atoms with Gasteiger partial charge in [0.2, 0.25) is 5.91 Å². The zero-order valence-electron chi connectivity index (χ0n) is 12.2. The molecule has 1 aliphatic carbocycles. The van der Waals surface area contributed by atoms with Crippen LogP contribution in [0.15, 0.2) is 24.5 Å². The Hall–Kier alpha value is -2.21. The lowest BCUT2D eigenvalue weighted by molar-refractivity contribution is -0.120. The fourth-order valence-electron chi connectivity index (χ4n) is 2.99. The smallest absolute Gasteiger partial charge is 0.227 e. The third-order valence-electron chi connectivity index (χ3n) is 4.12. The van der Waals surface area contributed by atoms with Crippen molar-refractivity contribution in [1.82, 2.24) is 15.0 Å². The van der Waals surface area contributed by atoms with Crippen molar-refractivity contribution < 1.29 is 4.79 Å². The van der Waals surface area contributed by atoms with E-state index in [2.05, 4.69) is 20.3 Å². The second-order valence-corrected chi connectivity index (χ2v) is 6.91. The summed E-state index contributed by atoms with van der Waals surface area (Å²) in [5.41, 5.74) is 3.96. The molecular weight excluding hydrogens is 296 g/mol. The number of nitrogens with zero attached hydrogens (tertiary/aromatic N) is 2. The molecule has 2 N–H and O–H groups in total. The van der Waals surface area contributed by atoms with Crippen LogP contribution in [0.2, 0.25) is 0 Å². The number of aryl methyl sites for hydroxylation is 2. The molecule has 3 aromatic rings. The number of carbonyl (C=O) groups excluding carboxylic acids is 1. The lowest BCUT2D eigenvalue weighted by atomic mass is 9.89. The number of imidazole rings is 1. The van der Waals surface area contributed by atoms with Crippen molar-refractivity contribution in [1.29, 1.82) is 0 Å². The number of hydrogen-bond donors (Lipinski definition) is 2. The Morgan fingerprint density at radius 2 is 2.36 bits per heavy atom. The average molecular weight is 312 g/mol. The highest BCUT2D eigenvalue weighted by atomic mass is 32.1. The number of H-pyrrole nitrogens is 1. The minimum absolute atomic E-state index is 0.000756. The van der Waals surface area contributed by atoms with Crippen LogP contribution in [0.25, 0.3) is 10.2 Å². The van der Waals surface area contributed by atoms with Crippen LogP contribution in [0, 0.1) is 12.8 Å². The van der Waals surface area contributed by atoms with Crippen molar-refractivity contribution in [2.24, 2.45) is 5.92 Å². The molecule has 1 aliphatic rings. The first kappa shape index (κ1) is 13.5. The molecule has 2 aromatic heterocycles. The van der Waals surface area contributed by atoms with Gasteiger partial charge in [-0.2, -0.15) is 0 Å². The van der Waals surface area contributed by atoms with E-state index in [0.29, 0.717) is 0 Å². The summed E-state index contributed by atoms with van der Waals surface area (Å²) in [4.78, 5) is 24.4. The van der Waals surface area contributed by atoms with Crippen molar-refractivity contribution in [3.8, 4) is 0 Å². The first-order valence-corrected chi connectivity index (χ1v) is 8.20. The summed E-state index contributed by atoms with van der Waals surface area (Å²) in [5.74, 6) is 0.0763. The third kappa shape index (κ3) is 2.39. The molecule has 1 unspecified atom stereocenters. The normalized spacial score (nSPS) is 17.4. The molecule has 5 nitrogen and oxygen atoms in total. The number of rotatable bonds is 2. The summed E-state index contributed by atoms with van der Waals surface area (Å²) in [6, 6.07) is 5.91. The second kappa shape index (κ2) is 5.21. The molecule has 22 heavy (non-hydrogen) atoms. The van der Waals surface area contributed by atoms with Gasteiger partial charge in [-0.1, -0.05) is 0 Å². The monoisotopic (exact) mass is 312 g/mol. The first-order valence-electron chi connectivity index (χ1n) is 7.38. The van der Waals surface area contributed by atoms with Gasteiger partial charge in [0.1, 0.15) is 0 Å². The van der Waals surface area contributed by atoms with Crippen LogP contribution in [0.5, 0.6) is 0 Å². The number of anilines is 1. The number of hydrogen-bond acceptors (Lipinski definition) is 4. The minimum atomic E-state index is 0.000756. The molecule has 6 heteroatoms. The van der Waals surface area contributed by atoms with Gasteiger partial charge >= 0.3 is 0 Å². The summed E-state index contributed by atoms with van der Waals surface area (Å²) in [7, 11) is 0. The van der Waals surface area contributed by atoms with E-state index in [1.54, 1.807) is 17.7 Å². The maximum atomic E-state index is 12.5. The summed E-state index contributed by atoms with van der Waals surface area (Å²) in [5, 5.41) is 4.07. The number of carbonyl (C=O) groups is 1. The molecule has 0 saturated heterocycles. The maximum absolute atomic E-state index is 12.5. The summed E-state index contributed by atoms with van der Waals surface area (Å²) < 4.78 is 1.15. The molecule has 4 rings (SSSR count). The largest absolute Gasteiger partial charge is 0.348 e. The maximum Gasteiger partial charge on any atom is 0.227 e. The number of amides is 1. The topological polar surface area (TPSA) is 70.7 Å². The predicted octanol–water partition coefficient (Wildman–Crippen LogP) is 3.07. The van der Waals surface area contributed by atoms with E-state index in [1.165, 1.54) is 0 Å².